The number of aromatic nitrogens is 1. The minimum absolute atomic E-state index is 0.0303. The van der Waals surface area contributed by atoms with Crippen molar-refractivity contribution in [1.82, 2.24) is 9.88 Å². The van der Waals surface area contributed by atoms with Gasteiger partial charge in [-0.1, -0.05) is 29.8 Å². The van der Waals surface area contributed by atoms with Gasteiger partial charge < -0.3 is 19.9 Å². The fourth-order valence-electron chi connectivity index (χ4n) is 3.71. The zero-order chi connectivity index (χ0) is 21.1. The molecule has 1 aromatic heterocycles. The molecular weight excluding hydrogens is 402 g/mol. The van der Waals surface area contributed by atoms with Crippen LogP contribution in [-0.4, -0.2) is 35.2 Å². The molecule has 4 rings (SSSR count). The van der Waals surface area contributed by atoms with E-state index in [0.717, 1.165) is 29.3 Å². The number of benzene rings is 2. The molecule has 0 spiro atoms. The first-order valence-electron chi connectivity index (χ1n) is 10.0. The second kappa shape index (κ2) is 8.90. The Hall–Kier alpha value is -2.83. The minimum atomic E-state index is -0.295. The van der Waals surface area contributed by atoms with Crippen LogP contribution in [0.25, 0.3) is 10.9 Å². The van der Waals surface area contributed by atoms with Gasteiger partial charge >= 0.3 is 6.03 Å². The first kappa shape index (κ1) is 20.4. The molecular formula is C23H24ClN3O3. The summed E-state index contributed by atoms with van der Waals surface area (Å²) in [6.07, 6.45) is 1.84. The van der Waals surface area contributed by atoms with Gasteiger partial charge in [0.2, 0.25) is 0 Å². The molecule has 0 radical (unpaired) electrons. The Morgan fingerprint density at radius 1 is 1.27 bits per heavy atom. The third kappa shape index (κ3) is 4.83. The van der Waals surface area contributed by atoms with Gasteiger partial charge in [-0.15, -0.1) is 0 Å². The number of anilines is 1. The maximum Gasteiger partial charge on any atom is 0.322 e. The molecule has 1 aliphatic heterocycles. The smallest absolute Gasteiger partial charge is 0.322 e. The molecule has 1 saturated heterocycles. The number of pyridine rings is 1. The molecule has 7 heteroatoms. The fourth-order valence-corrected chi connectivity index (χ4v) is 3.90. The number of aromatic amines is 1. The highest BCUT2D eigenvalue weighted by atomic mass is 35.5. The standard InChI is InChI=1S/C23H24ClN3O3/c1-15-7-8-16-11-17(22(28)26-21(16)10-15)13-27(14-20-6-3-9-30-20)23(29)25-19-5-2-4-18(24)12-19/h2,4-5,7-8,10-12,20H,3,6,9,13-14H2,1H3,(H,25,29)(H,26,28)/t20-/m1/s1. The van der Waals surface area contributed by atoms with Crippen molar-refractivity contribution in [3.63, 3.8) is 0 Å². The largest absolute Gasteiger partial charge is 0.376 e. The van der Waals surface area contributed by atoms with Gasteiger partial charge in [-0.2, -0.15) is 0 Å². The number of fused-ring (bicyclic) bond motifs is 1. The van der Waals surface area contributed by atoms with Crippen LogP contribution in [0.15, 0.2) is 53.3 Å². The van der Waals surface area contributed by atoms with Crippen molar-refractivity contribution in [1.29, 1.82) is 0 Å². The Morgan fingerprint density at radius 2 is 2.13 bits per heavy atom. The van der Waals surface area contributed by atoms with Crippen LogP contribution in [0, 0.1) is 6.92 Å². The van der Waals surface area contributed by atoms with Crippen molar-refractivity contribution in [3.8, 4) is 0 Å². The molecule has 1 aliphatic rings. The Labute approximate surface area is 179 Å². The van der Waals surface area contributed by atoms with Crippen molar-refractivity contribution in [3.05, 3.63) is 75.0 Å². The van der Waals surface area contributed by atoms with Crippen molar-refractivity contribution in [2.24, 2.45) is 0 Å². The summed E-state index contributed by atoms with van der Waals surface area (Å²) in [7, 11) is 0. The fraction of sp³-hybridized carbons (Fsp3) is 0.304. The third-order valence-corrected chi connectivity index (χ3v) is 5.49. The summed E-state index contributed by atoms with van der Waals surface area (Å²) < 4.78 is 5.73. The maximum atomic E-state index is 13.0. The first-order valence-corrected chi connectivity index (χ1v) is 10.4. The number of hydrogen-bond donors (Lipinski definition) is 2. The van der Waals surface area contributed by atoms with Gasteiger partial charge in [0.1, 0.15) is 0 Å². The second-order valence-corrected chi connectivity index (χ2v) is 8.11. The third-order valence-electron chi connectivity index (χ3n) is 5.25. The lowest BCUT2D eigenvalue weighted by molar-refractivity contribution is 0.0818. The number of H-pyrrole nitrogens is 1. The van der Waals surface area contributed by atoms with E-state index in [-0.39, 0.29) is 24.2 Å². The number of carbonyl (C=O) groups is 1. The summed E-state index contributed by atoms with van der Waals surface area (Å²) in [4.78, 5) is 30.3. The van der Waals surface area contributed by atoms with Gasteiger partial charge in [0.15, 0.2) is 0 Å². The van der Waals surface area contributed by atoms with Gasteiger partial charge in [0.25, 0.3) is 5.56 Å². The summed E-state index contributed by atoms with van der Waals surface area (Å²) in [6, 6.07) is 14.5. The number of amides is 2. The Kier molecular flexibility index (Phi) is 6.06. The molecule has 2 heterocycles. The van der Waals surface area contributed by atoms with E-state index < -0.39 is 0 Å². The number of nitrogens with one attached hydrogen (secondary N) is 2. The molecule has 2 amide bonds. The Morgan fingerprint density at radius 3 is 2.90 bits per heavy atom. The molecule has 0 saturated carbocycles. The molecule has 0 unspecified atom stereocenters. The highest BCUT2D eigenvalue weighted by Crippen LogP contribution is 2.19. The van der Waals surface area contributed by atoms with Gasteiger partial charge in [-0.25, -0.2) is 4.79 Å². The van der Waals surface area contributed by atoms with Crippen molar-refractivity contribution < 1.29 is 9.53 Å². The van der Waals surface area contributed by atoms with Gasteiger partial charge in [-0.3, -0.25) is 4.79 Å². The van der Waals surface area contributed by atoms with E-state index in [0.29, 0.717) is 29.4 Å². The molecule has 1 fully saturated rings. The minimum Gasteiger partial charge on any atom is -0.376 e. The molecule has 1 atom stereocenters. The lowest BCUT2D eigenvalue weighted by atomic mass is 10.1. The number of nitrogens with zero attached hydrogens (tertiary/aromatic N) is 1. The van der Waals surface area contributed by atoms with Crippen molar-refractivity contribution >= 4 is 34.2 Å². The lowest BCUT2D eigenvalue weighted by Crippen LogP contribution is -2.40. The molecule has 156 valence electrons. The summed E-state index contributed by atoms with van der Waals surface area (Å²) >= 11 is 6.03. The highest BCUT2D eigenvalue weighted by molar-refractivity contribution is 6.30. The molecule has 2 aromatic carbocycles. The van der Waals surface area contributed by atoms with Gasteiger partial charge in [0, 0.05) is 34.9 Å². The predicted octanol–water partition coefficient (Wildman–Crippen LogP) is 4.70. The van der Waals surface area contributed by atoms with E-state index in [4.69, 9.17) is 16.3 Å². The average molecular weight is 426 g/mol. The summed E-state index contributed by atoms with van der Waals surface area (Å²) in [5.41, 5.74) is 2.81. The molecule has 6 nitrogen and oxygen atoms in total. The quantitative estimate of drug-likeness (QED) is 0.622. The van der Waals surface area contributed by atoms with Crippen molar-refractivity contribution in [2.75, 3.05) is 18.5 Å². The van der Waals surface area contributed by atoms with Crippen LogP contribution in [0.5, 0.6) is 0 Å². The second-order valence-electron chi connectivity index (χ2n) is 7.67. The highest BCUT2D eigenvalue weighted by Gasteiger charge is 2.24. The van der Waals surface area contributed by atoms with Crippen LogP contribution in [0.1, 0.15) is 24.0 Å². The van der Waals surface area contributed by atoms with Crippen LogP contribution in [0.4, 0.5) is 10.5 Å². The summed E-state index contributed by atoms with van der Waals surface area (Å²) in [5.74, 6) is 0. The SMILES string of the molecule is Cc1ccc2cc(CN(C[C@H]3CCCO3)C(=O)Nc3cccc(Cl)c3)c(=O)[nH]c2c1. The average Bonchev–Trinajstić information content (AvgIpc) is 3.21. The maximum absolute atomic E-state index is 13.0. The summed E-state index contributed by atoms with van der Waals surface area (Å²) in [5, 5.41) is 4.35. The number of urea groups is 1. The summed E-state index contributed by atoms with van der Waals surface area (Å²) in [6.45, 7) is 3.28. The topological polar surface area (TPSA) is 74.4 Å². The number of carbonyl (C=O) groups excluding carboxylic acids is 1. The van der Waals surface area contributed by atoms with E-state index in [1.54, 1.807) is 29.2 Å². The van der Waals surface area contributed by atoms with Crippen LogP contribution in [0.2, 0.25) is 5.02 Å². The molecule has 0 aliphatic carbocycles. The number of halogens is 1. The van der Waals surface area contributed by atoms with Crippen LogP contribution in [-0.2, 0) is 11.3 Å². The van der Waals surface area contributed by atoms with E-state index in [2.05, 4.69) is 10.3 Å². The van der Waals surface area contributed by atoms with Crippen molar-refractivity contribution in [2.45, 2.75) is 32.4 Å². The number of rotatable bonds is 5. The zero-order valence-electron chi connectivity index (χ0n) is 16.8. The number of aryl methyl sites for hydroxylation is 1. The van der Waals surface area contributed by atoms with E-state index in [9.17, 15) is 9.59 Å². The number of ether oxygens (including phenoxy) is 1. The van der Waals surface area contributed by atoms with Gasteiger partial charge in [-0.05, 0) is 61.0 Å². The molecule has 2 N–H and O–H groups in total. The van der Waals surface area contributed by atoms with Crippen LogP contribution < -0.4 is 10.9 Å². The Bertz CT molecular complexity index is 1120. The van der Waals surface area contributed by atoms with E-state index in [1.807, 2.05) is 31.2 Å². The van der Waals surface area contributed by atoms with Crippen LogP contribution >= 0.6 is 11.6 Å². The van der Waals surface area contributed by atoms with Gasteiger partial charge in [0.05, 0.1) is 12.6 Å². The van der Waals surface area contributed by atoms with E-state index >= 15 is 0 Å². The molecule has 0 bridgehead atoms. The predicted molar refractivity (Wildman–Crippen MR) is 119 cm³/mol. The monoisotopic (exact) mass is 425 g/mol. The Balaban J connectivity index is 1.59. The molecule has 30 heavy (non-hydrogen) atoms. The zero-order valence-corrected chi connectivity index (χ0v) is 17.5. The first-order chi connectivity index (χ1) is 14.5. The lowest BCUT2D eigenvalue weighted by Gasteiger charge is -2.25. The molecule has 3 aromatic rings. The number of hydrogen-bond acceptors (Lipinski definition) is 3. The van der Waals surface area contributed by atoms with Crippen LogP contribution in [0.3, 0.4) is 0 Å². The normalized spacial score (nSPS) is 16.0. The van der Waals surface area contributed by atoms with E-state index in [1.165, 1.54) is 0 Å².